The van der Waals surface area contributed by atoms with Crippen LogP contribution in [0.5, 0.6) is 0 Å². The molecular weight excluding hydrogens is 268 g/mol. The highest BCUT2D eigenvalue weighted by molar-refractivity contribution is 8.00. The molecule has 104 valence electrons. The lowest BCUT2D eigenvalue weighted by Crippen LogP contribution is -2.09. The van der Waals surface area contributed by atoms with Crippen molar-refractivity contribution in [3.63, 3.8) is 0 Å². The van der Waals surface area contributed by atoms with Crippen LogP contribution in [0.15, 0.2) is 60.7 Å². The van der Waals surface area contributed by atoms with Crippen LogP contribution in [-0.2, 0) is 9.53 Å². The lowest BCUT2D eigenvalue weighted by atomic mass is 10.0. The molecule has 0 N–H and O–H groups in total. The third-order valence-electron chi connectivity index (χ3n) is 2.88. The Bertz CT molecular complexity index is 486. The first-order valence-electron chi connectivity index (χ1n) is 6.68. The molecule has 0 fully saturated rings. The minimum atomic E-state index is -0.158. The van der Waals surface area contributed by atoms with Gasteiger partial charge in [0.25, 0.3) is 0 Å². The number of ether oxygens (including phenoxy) is 1. The standard InChI is InChI=1S/C17H18O2S/c1-2-19-16(18)13-20-17(14-9-5-3-6-10-14)15-11-7-4-8-12-15/h3-12,17H,2,13H2,1H3. The van der Waals surface area contributed by atoms with E-state index in [1.807, 2.05) is 43.3 Å². The lowest BCUT2D eigenvalue weighted by molar-refractivity contribution is -0.139. The number of carbonyl (C=O) groups is 1. The van der Waals surface area contributed by atoms with Crippen molar-refractivity contribution >= 4 is 17.7 Å². The number of hydrogen-bond donors (Lipinski definition) is 0. The van der Waals surface area contributed by atoms with Crippen molar-refractivity contribution in [2.24, 2.45) is 0 Å². The van der Waals surface area contributed by atoms with Gasteiger partial charge in [0.05, 0.1) is 17.6 Å². The van der Waals surface area contributed by atoms with E-state index in [0.29, 0.717) is 12.4 Å². The van der Waals surface area contributed by atoms with E-state index in [4.69, 9.17) is 4.74 Å². The van der Waals surface area contributed by atoms with Crippen LogP contribution in [0.3, 0.4) is 0 Å². The summed E-state index contributed by atoms with van der Waals surface area (Å²) in [5, 5.41) is 0.154. The number of benzene rings is 2. The fraction of sp³-hybridized carbons (Fsp3) is 0.235. The van der Waals surface area contributed by atoms with Gasteiger partial charge in [-0.15, -0.1) is 11.8 Å². The molecule has 0 aliphatic carbocycles. The zero-order valence-corrected chi connectivity index (χ0v) is 12.3. The Morgan fingerprint density at radius 1 is 1.00 bits per heavy atom. The maximum absolute atomic E-state index is 11.6. The summed E-state index contributed by atoms with van der Waals surface area (Å²) < 4.78 is 5.00. The lowest BCUT2D eigenvalue weighted by Gasteiger charge is -2.17. The van der Waals surface area contributed by atoms with Crippen molar-refractivity contribution in [2.45, 2.75) is 12.2 Å². The van der Waals surface area contributed by atoms with E-state index in [1.165, 1.54) is 11.1 Å². The van der Waals surface area contributed by atoms with Crippen LogP contribution in [0.4, 0.5) is 0 Å². The molecule has 0 amide bonds. The molecular formula is C17H18O2S. The molecule has 2 rings (SSSR count). The second-order valence-electron chi connectivity index (χ2n) is 4.32. The number of carbonyl (C=O) groups excluding carboxylic acids is 1. The van der Waals surface area contributed by atoms with Crippen LogP contribution < -0.4 is 0 Å². The molecule has 0 bridgehead atoms. The van der Waals surface area contributed by atoms with Gasteiger partial charge >= 0.3 is 5.97 Å². The van der Waals surface area contributed by atoms with Gasteiger partial charge in [-0.1, -0.05) is 60.7 Å². The zero-order valence-electron chi connectivity index (χ0n) is 11.5. The molecule has 0 saturated carbocycles. The summed E-state index contributed by atoms with van der Waals surface area (Å²) in [5.74, 6) is 0.205. The summed E-state index contributed by atoms with van der Waals surface area (Å²) in [4.78, 5) is 11.6. The van der Waals surface area contributed by atoms with Crippen molar-refractivity contribution < 1.29 is 9.53 Å². The smallest absolute Gasteiger partial charge is 0.315 e. The van der Waals surface area contributed by atoms with Crippen molar-refractivity contribution in [3.05, 3.63) is 71.8 Å². The summed E-state index contributed by atoms with van der Waals surface area (Å²) in [6, 6.07) is 20.5. The Kier molecular flexibility index (Phi) is 5.69. The maximum atomic E-state index is 11.6. The Labute approximate surface area is 124 Å². The average molecular weight is 286 g/mol. The van der Waals surface area contributed by atoms with Gasteiger partial charge in [0, 0.05) is 0 Å². The van der Waals surface area contributed by atoms with Gasteiger partial charge in [0.2, 0.25) is 0 Å². The van der Waals surface area contributed by atoms with E-state index in [-0.39, 0.29) is 11.2 Å². The summed E-state index contributed by atoms with van der Waals surface area (Å²) in [7, 11) is 0. The quantitative estimate of drug-likeness (QED) is 0.749. The number of rotatable bonds is 6. The fourth-order valence-corrected chi connectivity index (χ4v) is 3.08. The van der Waals surface area contributed by atoms with E-state index < -0.39 is 0 Å². The molecule has 0 spiro atoms. The Morgan fingerprint density at radius 3 is 1.95 bits per heavy atom. The van der Waals surface area contributed by atoms with E-state index >= 15 is 0 Å². The van der Waals surface area contributed by atoms with Crippen LogP contribution in [0.1, 0.15) is 23.3 Å². The molecule has 2 nitrogen and oxygen atoms in total. The zero-order chi connectivity index (χ0) is 14.2. The molecule has 2 aromatic rings. The second-order valence-corrected chi connectivity index (χ2v) is 5.41. The summed E-state index contributed by atoms with van der Waals surface area (Å²) in [6.45, 7) is 2.26. The minimum absolute atomic E-state index is 0.154. The molecule has 0 heterocycles. The number of thioether (sulfide) groups is 1. The average Bonchev–Trinajstić information content (AvgIpc) is 2.50. The topological polar surface area (TPSA) is 26.3 Å². The van der Waals surface area contributed by atoms with Crippen LogP contribution in [-0.4, -0.2) is 18.3 Å². The van der Waals surface area contributed by atoms with Crippen molar-refractivity contribution in [1.29, 1.82) is 0 Å². The van der Waals surface area contributed by atoms with E-state index in [9.17, 15) is 4.79 Å². The maximum Gasteiger partial charge on any atom is 0.315 e. The molecule has 0 unspecified atom stereocenters. The monoisotopic (exact) mass is 286 g/mol. The van der Waals surface area contributed by atoms with Crippen LogP contribution in [0.2, 0.25) is 0 Å². The molecule has 0 atom stereocenters. The van der Waals surface area contributed by atoms with Crippen LogP contribution in [0.25, 0.3) is 0 Å². The largest absolute Gasteiger partial charge is 0.465 e. The van der Waals surface area contributed by atoms with Gasteiger partial charge in [-0.3, -0.25) is 4.79 Å². The molecule has 0 aliphatic rings. The molecule has 0 saturated heterocycles. The number of hydrogen-bond acceptors (Lipinski definition) is 3. The fourth-order valence-electron chi connectivity index (χ4n) is 1.99. The van der Waals surface area contributed by atoms with Crippen molar-refractivity contribution in [1.82, 2.24) is 0 Å². The predicted octanol–water partition coefficient (Wildman–Crippen LogP) is 4.07. The van der Waals surface area contributed by atoms with Crippen LogP contribution >= 0.6 is 11.8 Å². The first kappa shape index (κ1) is 14.7. The SMILES string of the molecule is CCOC(=O)CSC(c1ccccc1)c1ccccc1. The normalized spacial score (nSPS) is 10.5. The van der Waals surface area contributed by atoms with Crippen LogP contribution in [0, 0.1) is 0 Å². The van der Waals surface area contributed by atoms with Gasteiger partial charge < -0.3 is 4.74 Å². The molecule has 3 heteroatoms. The summed E-state index contributed by atoms with van der Waals surface area (Å²) in [6.07, 6.45) is 0. The van der Waals surface area contributed by atoms with Crippen molar-refractivity contribution in [3.8, 4) is 0 Å². The highest BCUT2D eigenvalue weighted by atomic mass is 32.2. The Morgan fingerprint density at radius 2 is 1.50 bits per heavy atom. The first-order valence-corrected chi connectivity index (χ1v) is 7.73. The predicted molar refractivity (Wildman–Crippen MR) is 83.8 cm³/mol. The highest BCUT2D eigenvalue weighted by Crippen LogP contribution is 2.35. The van der Waals surface area contributed by atoms with Gasteiger partial charge in [-0.25, -0.2) is 0 Å². The third kappa shape index (κ3) is 4.14. The van der Waals surface area contributed by atoms with E-state index in [2.05, 4.69) is 24.3 Å². The Balaban J connectivity index is 2.15. The van der Waals surface area contributed by atoms with Crippen molar-refractivity contribution in [2.75, 3.05) is 12.4 Å². The van der Waals surface area contributed by atoms with Gasteiger partial charge in [-0.2, -0.15) is 0 Å². The molecule has 0 aromatic heterocycles. The van der Waals surface area contributed by atoms with Gasteiger partial charge in [-0.05, 0) is 18.1 Å². The third-order valence-corrected chi connectivity index (χ3v) is 4.16. The number of esters is 1. The molecule has 0 radical (unpaired) electrons. The molecule has 20 heavy (non-hydrogen) atoms. The first-order chi connectivity index (χ1) is 9.81. The highest BCUT2D eigenvalue weighted by Gasteiger charge is 2.16. The molecule has 2 aromatic carbocycles. The van der Waals surface area contributed by atoms with E-state index in [0.717, 1.165) is 0 Å². The van der Waals surface area contributed by atoms with E-state index in [1.54, 1.807) is 11.8 Å². The van der Waals surface area contributed by atoms with Gasteiger partial charge in [0.15, 0.2) is 0 Å². The molecule has 0 aliphatic heterocycles. The minimum Gasteiger partial charge on any atom is -0.465 e. The summed E-state index contributed by atoms with van der Waals surface area (Å²) >= 11 is 1.60. The van der Waals surface area contributed by atoms with Gasteiger partial charge in [0.1, 0.15) is 0 Å². The Hall–Kier alpha value is -1.74. The summed E-state index contributed by atoms with van der Waals surface area (Å²) in [5.41, 5.74) is 2.40. The second kappa shape index (κ2) is 7.75.